The highest BCUT2D eigenvalue weighted by molar-refractivity contribution is 7.12. The zero-order valence-corrected chi connectivity index (χ0v) is 13.5. The lowest BCUT2D eigenvalue weighted by atomic mass is 9.80. The van der Waals surface area contributed by atoms with Gasteiger partial charge >= 0.3 is 5.97 Å². The van der Waals surface area contributed by atoms with Crippen molar-refractivity contribution in [2.75, 3.05) is 13.7 Å². The summed E-state index contributed by atoms with van der Waals surface area (Å²) in [5, 5.41) is 0.924. The Morgan fingerprint density at radius 3 is 2.65 bits per heavy atom. The molecule has 1 aromatic heterocycles. The van der Waals surface area contributed by atoms with E-state index in [1.165, 1.54) is 0 Å². The van der Waals surface area contributed by atoms with Crippen molar-refractivity contribution in [3.8, 4) is 0 Å². The zero-order valence-electron chi connectivity index (χ0n) is 12.7. The molecule has 112 valence electrons. The molecule has 1 fully saturated rings. The molecule has 0 unspecified atom stereocenters. The first-order chi connectivity index (χ1) is 9.52. The average molecular weight is 297 g/mol. The summed E-state index contributed by atoms with van der Waals surface area (Å²) in [5.74, 6) is 0.409. The first-order valence-electron chi connectivity index (χ1n) is 7.22. The van der Waals surface area contributed by atoms with E-state index in [-0.39, 0.29) is 11.6 Å². The van der Waals surface area contributed by atoms with E-state index >= 15 is 0 Å². The summed E-state index contributed by atoms with van der Waals surface area (Å²) >= 11 is 1.56. The second kappa shape index (κ2) is 6.22. The molecule has 0 N–H and O–H groups in total. The van der Waals surface area contributed by atoms with Crippen LogP contribution in [-0.2, 0) is 15.1 Å². The first kappa shape index (κ1) is 15.4. The van der Waals surface area contributed by atoms with E-state index < -0.39 is 0 Å². The van der Waals surface area contributed by atoms with Crippen molar-refractivity contribution in [3.05, 3.63) is 15.6 Å². The molecule has 2 rings (SSSR count). The number of carbonyl (C=O) groups is 1. The van der Waals surface area contributed by atoms with Gasteiger partial charge < -0.3 is 9.47 Å². The van der Waals surface area contributed by atoms with E-state index in [0.29, 0.717) is 12.3 Å². The van der Waals surface area contributed by atoms with Crippen LogP contribution in [0.4, 0.5) is 0 Å². The molecule has 1 aromatic rings. The van der Waals surface area contributed by atoms with Crippen LogP contribution in [0.25, 0.3) is 0 Å². The van der Waals surface area contributed by atoms with Crippen LogP contribution in [-0.4, -0.2) is 24.7 Å². The Balaban J connectivity index is 2.27. The lowest BCUT2D eigenvalue weighted by molar-refractivity contribution is -0.0531. The summed E-state index contributed by atoms with van der Waals surface area (Å²) in [6, 6.07) is 0. The lowest BCUT2D eigenvalue weighted by Gasteiger charge is -2.36. The summed E-state index contributed by atoms with van der Waals surface area (Å²) in [4.78, 5) is 17.3. The highest BCUT2D eigenvalue weighted by Crippen LogP contribution is 2.44. The fourth-order valence-corrected chi connectivity index (χ4v) is 3.84. The Kier molecular flexibility index (Phi) is 4.81. The van der Waals surface area contributed by atoms with Gasteiger partial charge in [0.05, 0.1) is 6.61 Å². The molecule has 0 bridgehead atoms. The molecular weight excluding hydrogens is 274 g/mol. The number of ether oxygens (including phenoxy) is 2. The van der Waals surface area contributed by atoms with Crippen LogP contribution >= 0.6 is 11.3 Å². The molecule has 1 aliphatic carbocycles. The average Bonchev–Trinajstić information content (AvgIpc) is 2.83. The molecule has 0 aliphatic heterocycles. The number of aromatic nitrogens is 1. The Labute approximate surface area is 124 Å². The molecule has 0 saturated heterocycles. The molecule has 0 spiro atoms. The molecule has 1 saturated carbocycles. The molecule has 0 radical (unpaired) electrons. The number of esters is 1. The van der Waals surface area contributed by atoms with Crippen LogP contribution in [0.3, 0.4) is 0 Å². The van der Waals surface area contributed by atoms with Crippen molar-refractivity contribution in [1.82, 2.24) is 4.98 Å². The topological polar surface area (TPSA) is 48.4 Å². The number of thiazole rings is 1. The van der Waals surface area contributed by atoms with Gasteiger partial charge in [0.15, 0.2) is 5.69 Å². The molecule has 20 heavy (non-hydrogen) atoms. The molecular formula is C15H23NO3S. The molecule has 1 aliphatic rings. The van der Waals surface area contributed by atoms with Crippen LogP contribution in [0.1, 0.15) is 59.9 Å². The van der Waals surface area contributed by atoms with E-state index in [4.69, 9.17) is 9.47 Å². The largest absolute Gasteiger partial charge is 0.461 e. The van der Waals surface area contributed by atoms with Gasteiger partial charge in [0.1, 0.15) is 10.6 Å². The molecule has 4 nitrogen and oxygen atoms in total. The van der Waals surface area contributed by atoms with Crippen molar-refractivity contribution in [3.63, 3.8) is 0 Å². The second-order valence-corrected chi connectivity index (χ2v) is 6.73. The van der Waals surface area contributed by atoms with Crippen LogP contribution in [0.5, 0.6) is 0 Å². The molecule has 1 heterocycles. The van der Waals surface area contributed by atoms with Crippen LogP contribution in [0, 0.1) is 12.8 Å². The molecule has 5 heteroatoms. The van der Waals surface area contributed by atoms with Crippen molar-refractivity contribution >= 4 is 17.3 Å². The summed E-state index contributed by atoms with van der Waals surface area (Å²) < 4.78 is 10.9. The van der Waals surface area contributed by atoms with Crippen molar-refractivity contribution in [2.45, 2.75) is 52.1 Å². The molecule has 0 atom stereocenters. The van der Waals surface area contributed by atoms with Gasteiger partial charge in [0.25, 0.3) is 0 Å². The Hall–Kier alpha value is -0.940. The zero-order chi connectivity index (χ0) is 14.8. The van der Waals surface area contributed by atoms with E-state index in [9.17, 15) is 4.79 Å². The van der Waals surface area contributed by atoms with Gasteiger partial charge in [-0.1, -0.05) is 6.92 Å². The fourth-order valence-electron chi connectivity index (χ4n) is 2.71. The Bertz CT molecular complexity index is 475. The van der Waals surface area contributed by atoms with E-state index in [1.54, 1.807) is 25.4 Å². The van der Waals surface area contributed by atoms with Gasteiger partial charge in [-0.05, 0) is 45.4 Å². The number of nitrogens with zero attached hydrogens (tertiary/aromatic N) is 1. The van der Waals surface area contributed by atoms with Crippen molar-refractivity contribution in [2.24, 2.45) is 5.92 Å². The van der Waals surface area contributed by atoms with Gasteiger partial charge in [0, 0.05) is 12.0 Å². The van der Waals surface area contributed by atoms with Gasteiger partial charge in [-0.2, -0.15) is 0 Å². The monoisotopic (exact) mass is 297 g/mol. The maximum Gasteiger partial charge on any atom is 0.358 e. The predicted octanol–water partition coefficient (Wildman–Crippen LogP) is 3.68. The fraction of sp³-hybridized carbons (Fsp3) is 0.733. The SMILES string of the molecule is CCOC(=O)c1nc(C2(OC)CCC(C)CC2)sc1C. The first-order valence-corrected chi connectivity index (χ1v) is 8.04. The number of hydrogen-bond donors (Lipinski definition) is 0. The van der Waals surface area contributed by atoms with Crippen LogP contribution < -0.4 is 0 Å². The highest BCUT2D eigenvalue weighted by atomic mass is 32.1. The van der Waals surface area contributed by atoms with E-state index in [0.717, 1.165) is 41.5 Å². The number of aryl methyl sites for hydroxylation is 1. The van der Waals surface area contributed by atoms with Gasteiger partial charge in [0.2, 0.25) is 0 Å². The quantitative estimate of drug-likeness (QED) is 0.795. The van der Waals surface area contributed by atoms with E-state index in [2.05, 4.69) is 11.9 Å². The second-order valence-electron chi connectivity index (χ2n) is 5.53. The third kappa shape index (κ3) is 2.88. The van der Waals surface area contributed by atoms with Gasteiger partial charge in [-0.3, -0.25) is 0 Å². The number of hydrogen-bond acceptors (Lipinski definition) is 5. The maximum absolute atomic E-state index is 11.9. The Morgan fingerprint density at radius 1 is 1.45 bits per heavy atom. The summed E-state index contributed by atoms with van der Waals surface area (Å²) in [6.07, 6.45) is 4.22. The Morgan fingerprint density at radius 2 is 2.10 bits per heavy atom. The minimum absolute atomic E-state index is 0.313. The normalized spacial score (nSPS) is 26.5. The molecule has 0 aromatic carbocycles. The highest BCUT2D eigenvalue weighted by Gasteiger charge is 2.39. The molecule has 0 amide bonds. The van der Waals surface area contributed by atoms with E-state index in [1.807, 2.05) is 6.92 Å². The van der Waals surface area contributed by atoms with Crippen LogP contribution in [0.15, 0.2) is 0 Å². The standard InChI is InChI=1S/C15H23NO3S/c1-5-19-13(17)12-11(3)20-14(16-12)15(18-4)8-6-10(2)7-9-15/h10H,5-9H2,1-4H3. The summed E-state index contributed by atoms with van der Waals surface area (Å²) in [5.41, 5.74) is 0.133. The maximum atomic E-state index is 11.9. The third-order valence-electron chi connectivity index (χ3n) is 4.13. The minimum Gasteiger partial charge on any atom is -0.461 e. The predicted molar refractivity (Wildman–Crippen MR) is 79.1 cm³/mol. The van der Waals surface area contributed by atoms with Crippen LogP contribution in [0.2, 0.25) is 0 Å². The number of rotatable bonds is 4. The minimum atomic E-state index is -0.331. The lowest BCUT2D eigenvalue weighted by Crippen LogP contribution is -2.33. The number of methoxy groups -OCH3 is 1. The van der Waals surface area contributed by atoms with Gasteiger partial charge in [-0.15, -0.1) is 11.3 Å². The summed E-state index contributed by atoms with van der Waals surface area (Å²) in [6.45, 7) is 6.37. The number of carbonyl (C=O) groups excluding carboxylic acids is 1. The third-order valence-corrected chi connectivity index (χ3v) is 5.28. The summed E-state index contributed by atoms with van der Waals surface area (Å²) in [7, 11) is 1.75. The van der Waals surface area contributed by atoms with Crippen molar-refractivity contribution < 1.29 is 14.3 Å². The smallest absolute Gasteiger partial charge is 0.358 e. The van der Waals surface area contributed by atoms with Gasteiger partial charge in [-0.25, -0.2) is 9.78 Å². The van der Waals surface area contributed by atoms with Crippen molar-refractivity contribution in [1.29, 1.82) is 0 Å².